The van der Waals surface area contributed by atoms with E-state index in [4.69, 9.17) is 5.11 Å². The van der Waals surface area contributed by atoms with E-state index in [1.165, 1.54) is 0 Å². The first kappa shape index (κ1) is 7.94. The molecule has 0 unspecified atom stereocenters. The van der Waals surface area contributed by atoms with E-state index in [0.29, 0.717) is 9.13 Å². The van der Waals surface area contributed by atoms with Crippen molar-refractivity contribution in [1.82, 2.24) is 0 Å². The van der Waals surface area contributed by atoms with Gasteiger partial charge in [0.05, 0.1) is 6.61 Å². The lowest BCUT2D eigenvalue weighted by molar-refractivity contribution is 0.275. The molecule has 10 heavy (non-hydrogen) atoms. The molecule has 54 valence electrons. The largest absolute Gasteiger partial charge is 0.392 e. The Morgan fingerprint density at radius 2 is 2.20 bits per heavy atom. The summed E-state index contributed by atoms with van der Waals surface area (Å²) in [7, 11) is 0. The van der Waals surface area contributed by atoms with Crippen LogP contribution in [0, 0.1) is 9.39 Å². The van der Waals surface area contributed by atoms with Gasteiger partial charge >= 0.3 is 0 Å². The molecule has 0 aliphatic rings. The Hall–Kier alpha value is -0.160. The first-order valence-electron chi connectivity index (χ1n) is 2.79. The van der Waals surface area contributed by atoms with Crippen molar-refractivity contribution in [2.24, 2.45) is 0 Å². The molecule has 0 atom stereocenters. The Bertz CT molecular complexity index is 237. The van der Waals surface area contributed by atoms with Gasteiger partial charge in [0, 0.05) is 9.13 Å². The van der Waals surface area contributed by atoms with E-state index >= 15 is 0 Å². The van der Waals surface area contributed by atoms with Gasteiger partial charge in [-0.05, 0) is 28.7 Å². The molecule has 1 N–H and O–H groups in total. The Morgan fingerprint density at radius 1 is 1.50 bits per heavy atom. The minimum Gasteiger partial charge on any atom is -0.392 e. The molecule has 1 rings (SSSR count). The summed E-state index contributed by atoms with van der Waals surface area (Å²) in [6, 6.07) is 4.95. The van der Waals surface area contributed by atoms with E-state index in [0.717, 1.165) is 0 Å². The van der Waals surface area contributed by atoms with Crippen LogP contribution in [0.25, 0.3) is 0 Å². The number of halogens is 2. The molecule has 1 aromatic rings. The van der Waals surface area contributed by atoms with E-state index in [1.807, 2.05) is 22.6 Å². The zero-order valence-corrected chi connectivity index (χ0v) is 7.30. The quantitative estimate of drug-likeness (QED) is 0.757. The number of benzene rings is 1. The van der Waals surface area contributed by atoms with Crippen LogP contribution in [0.2, 0.25) is 0 Å². The average molecular weight is 252 g/mol. The Labute approximate surface area is 72.0 Å². The van der Waals surface area contributed by atoms with Crippen LogP contribution in [-0.4, -0.2) is 5.11 Å². The van der Waals surface area contributed by atoms with E-state index in [9.17, 15) is 4.39 Å². The summed E-state index contributed by atoms with van der Waals surface area (Å²) in [4.78, 5) is 0. The smallest absolute Gasteiger partial charge is 0.142 e. The molecule has 0 amide bonds. The van der Waals surface area contributed by atoms with Crippen molar-refractivity contribution in [1.29, 1.82) is 0 Å². The van der Waals surface area contributed by atoms with Gasteiger partial charge in [-0.15, -0.1) is 0 Å². The molecule has 0 radical (unpaired) electrons. The topological polar surface area (TPSA) is 20.2 Å². The predicted octanol–water partition coefficient (Wildman–Crippen LogP) is 1.92. The van der Waals surface area contributed by atoms with Crippen LogP contribution < -0.4 is 0 Å². The van der Waals surface area contributed by atoms with Crippen molar-refractivity contribution in [3.63, 3.8) is 0 Å². The van der Waals surface area contributed by atoms with Crippen molar-refractivity contribution >= 4 is 22.6 Å². The SMILES string of the molecule is OCc1cccc(I)c1[19F]. The molecule has 1 aromatic carbocycles. The van der Waals surface area contributed by atoms with E-state index in [2.05, 4.69) is 0 Å². The predicted molar refractivity (Wildman–Crippen MR) is 45.0 cm³/mol. The highest BCUT2D eigenvalue weighted by Gasteiger charge is 2.02. The summed E-state index contributed by atoms with van der Waals surface area (Å²) in [5.74, 6) is -0.314. The second-order valence-corrected chi connectivity index (χ2v) is 3.03. The molecule has 0 bridgehead atoms. The van der Waals surface area contributed by atoms with Crippen LogP contribution in [0.4, 0.5) is 4.39 Å². The lowest BCUT2D eigenvalue weighted by Gasteiger charge is -1.98. The molecular weight excluding hydrogens is 246 g/mol. The van der Waals surface area contributed by atoms with Gasteiger partial charge in [-0.25, -0.2) is 4.39 Å². The van der Waals surface area contributed by atoms with Gasteiger partial charge in [0.2, 0.25) is 0 Å². The van der Waals surface area contributed by atoms with Crippen molar-refractivity contribution < 1.29 is 9.50 Å². The lowest BCUT2D eigenvalue weighted by atomic mass is 10.2. The van der Waals surface area contributed by atoms with Gasteiger partial charge in [0.1, 0.15) is 5.82 Å². The van der Waals surface area contributed by atoms with Crippen molar-refractivity contribution in [3.05, 3.63) is 33.1 Å². The second kappa shape index (κ2) is 3.30. The number of hydrogen-bond acceptors (Lipinski definition) is 1. The Morgan fingerprint density at radius 3 is 2.70 bits per heavy atom. The molecule has 0 saturated heterocycles. The third kappa shape index (κ3) is 1.46. The third-order valence-electron chi connectivity index (χ3n) is 1.20. The highest BCUT2D eigenvalue weighted by molar-refractivity contribution is 14.1. The summed E-state index contributed by atoms with van der Waals surface area (Å²) in [6.07, 6.45) is 0. The summed E-state index contributed by atoms with van der Waals surface area (Å²) >= 11 is 1.89. The normalized spacial score (nSPS) is 9.90. The molecule has 1 nitrogen and oxygen atoms in total. The van der Waals surface area contributed by atoms with E-state index in [-0.39, 0.29) is 12.4 Å². The number of aliphatic hydroxyl groups is 1. The van der Waals surface area contributed by atoms with Gasteiger partial charge < -0.3 is 5.11 Å². The summed E-state index contributed by atoms with van der Waals surface area (Å²) in [6.45, 7) is -0.233. The molecule has 0 aliphatic heterocycles. The number of hydrogen-bond donors (Lipinski definition) is 1. The van der Waals surface area contributed by atoms with Gasteiger partial charge in [0.15, 0.2) is 0 Å². The van der Waals surface area contributed by atoms with Crippen molar-refractivity contribution in [2.45, 2.75) is 6.61 Å². The molecule has 0 fully saturated rings. The van der Waals surface area contributed by atoms with Crippen LogP contribution in [-0.2, 0) is 6.61 Å². The highest BCUT2D eigenvalue weighted by Crippen LogP contribution is 2.14. The summed E-state index contributed by atoms with van der Waals surface area (Å²) < 4.78 is 13.4. The van der Waals surface area contributed by atoms with Gasteiger partial charge in [-0.2, -0.15) is 0 Å². The molecule has 0 aromatic heterocycles. The zero-order chi connectivity index (χ0) is 7.56. The minimum atomic E-state index is -0.314. The van der Waals surface area contributed by atoms with Crippen LogP contribution in [0.3, 0.4) is 0 Å². The monoisotopic (exact) mass is 252 g/mol. The molecule has 0 spiro atoms. The fourth-order valence-electron chi connectivity index (χ4n) is 0.671. The fourth-order valence-corrected chi connectivity index (χ4v) is 1.22. The van der Waals surface area contributed by atoms with Crippen LogP contribution in [0.1, 0.15) is 5.56 Å². The second-order valence-electron chi connectivity index (χ2n) is 1.87. The third-order valence-corrected chi connectivity index (χ3v) is 2.04. The molecule has 0 heterocycles. The maximum atomic E-state index is 12.8. The first-order valence-corrected chi connectivity index (χ1v) is 3.87. The van der Waals surface area contributed by atoms with Crippen LogP contribution in [0.15, 0.2) is 18.2 Å². The van der Waals surface area contributed by atoms with Gasteiger partial charge in [-0.1, -0.05) is 12.1 Å². The fraction of sp³-hybridized carbons (Fsp3) is 0.143. The van der Waals surface area contributed by atoms with Crippen molar-refractivity contribution in [2.75, 3.05) is 0 Å². The molecular formula is C7H6FIO. The lowest BCUT2D eigenvalue weighted by Crippen LogP contribution is -1.91. The summed E-state index contributed by atoms with van der Waals surface area (Å²) in [5.41, 5.74) is 0.354. The highest BCUT2D eigenvalue weighted by atomic mass is 127. The Balaban J connectivity index is 3.14. The average Bonchev–Trinajstić information content (AvgIpc) is 1.95. The maximum Gasteiger partial charge on any atom is 0.142 e. The maximum absolute atomic E-state index is 12.8. The van der Waals surface area contributed by atoms with E-state index < -0.39 is 0 Å². The van der Waals surface area contributed by atoms with Gasteiger partial charge in [0.25, 0.3) is 0 Å². The molecule has 0 saturated carbocycles. The van der Waals surface area contributed by atoms with E-state index in [1.54, 1.807) is 18.2 Å². The van der Waals surface area contributed by atoms with Crippen LogP contribution >= 0.6 is 22.6 Å². The molecule has 3 heteroatoms. The summed E-state index contributed by atoms with van der Waals surface area (Å²) in [5, 5.41) is 8.60. The standard InChI is InChI=1S/C7H6FIO/c8-7-5(4-10)2-1-3-6(7)9/h1-3,10H,4H2/i8+0. The van der Waals surface area contributed by atoms with Crippen LogP contribution in [0.5, 0.6) is 0 Å². The van der Waals surface area contributed by atoms with Crippen molar-refractivity contribution in [3.8, 4) is 0 Å². The number of rotatable bonds is 1. The van der Waals surface area contributed by atoms with Gasteiger partial charge in [-0.3, -0.25) is 0 Å². The minimum absolute atomic E-state index is 0.233. The number of aliphatic hydroxyl groups excluding tert-OH is 1. The first-order chi connectivity index (χ1) is 4.75. The molecule has 0 aliphatic carbocycles. The zero-order valence-electron chi connectivity index (χ0n) is 5.14. The Kier molecular flexibility index (Phi) is 2.62.